The summed E-state index contributed by atoms with van der Waals surface area (Å²) in [7, 11) is 0. The Morgan fingerprint density at radius 1 is 1.42 bits per heavy atom. The second-order valence-corrected chi connectivity index (χ2v) is 4.78. The molecule has 1 aliphatic heterocycles. The molecule has 1 saturated heterocycles. The van der Waals surface area contributed by atoms with Crippen molar-refractivity contribution in [2.75, 3.05) is 19.7 Å². The molecule has 1 fully saturated rings. The van der Waals surface area contributed by atoms with Gasteiger partial charge >= 0.3 is 0 Å². The van der Waals surface area contributed by atoms with Gasteiger partial charge in [0.2, 0.25) is 11.7 Å². The van der Waals surface area contributed by atoms with E-state index in [4.69, 9.17) is 9.26 Å². The molecule has 1 N–H and O–H groups in total. The predicted molar refractivity (Wildman–Crippen MR) is 70.8 cm³/mol. The van der Waals surface area contributed by atoms with Gasteiger partial charge in [0, 0.05) is 18.7 Å². The Hall–Kier alpha value is -1.72. The summed E-state index contributed by atoms with van der Waals surface area (Å²) < 4.78 is 10.9. The van der Waals surface area contributed by atoms with Crippen molar-refractivity contribution < 1.29 is 9.26 Å². The molecule has 1 aliphatic rings. The Balaban J connectivity index is 1.72. The second-order valence-electron chi connectivity index (χ2n) is 4.78. The molecular weight excluding hydrogens is 242 g/mol. The van der Waals surface area contributed by atoms with E-state index in [0.29, 0.717) is 18.1 Å². The smallest absolute Gasteiger partial charge is 0.229 e. The van der Waals surface area contributed by atoms with Gasteiger partial charge in [-0.1, -0.05) is 28.9 Å². The van der Waals surface area contributed by atoms with E-state index in [9.17, 15) is 0 Å². The van der Waals surface area contributed by atoms with Crippen LogP contribution >= 0.6 is 0 Å². The molecule has 1 unspecified atom stereocenters. The number of rotatable bonds is 3. The number of benzene rings is 1. The van der Waals surface area contributed by atoms with E-state index < -0.39 is 0 Å². The Kier molecular flexibility index (Phi) is 3.57. The highest BCUT2D eigenvalue weighted by Gasteiger charge is 2.18. The summed E-state index contributed by atoms with van der Waals surface area (Å²) in [4.78, 5) is 4.43. The van der Waals surface area contributed by atoms with Crippen molar-refractivity contribution in [3.8, 4) is 11.4 Å². The van der Waals surface area contributed by atoms with Crippen LogP contribution < -0.4 is 5.32 Å². The molecule has 1 aromatic carbocycles. The molecule has 2 aromatic rings. The molecule has 100 valence electrons. The molecule has 1 atom stereocenters. The highest BCUT2D eigenvalue weighted by molar-refractivity contribution is 5.55. The topological polar surface area (TPSA) is 60.2 Å². The van der Waals surface area contributed by atoms with Crippen LogP contribution in [-0.4, -0.2) is 35.9 Å². The first-order valence-corrected chi connectivity index (χ1v) is 6.53. The maximum atomic E-state index is 5.63. The van der Waals surface area contributed by atoms with Gasteiger partial charge in [0.1, 0.15) is 0 Å². The van der Waals surface area contributed by atoms with E-state index >= 15 is 0 Å². The molecule has 0 bridgehead atoms. The van der Waals surface area contributed by atoms with Crippen LogP contribution in [0.15, 0.2) is 28.8 Å². The van der Waals surface area contributed by atoms with E-state index in [0.717, 1.165) is 25.3 Å². The fourth-order valence-corrected chi connectivity index (χ4v) is 2.18. The summed E-state index contributed by atoms with van der Waals surface area (Å²) in [5.74, 6) is 1.27. The first-order valence-electron chi connectivity index (χ1n) is 6.53. The summed E-state index contributed by atoms with van der Waals surface area (Å²) in [6, 6.07) is 8.08. The van der Waals surface area contributed by atoms with Gasteiger partial charge in [0.05, 0.1) is 19.1 Å². The van der Waals surface area contributed by atoms with Gasteiger partial charge in [-0.3, -0.25) is 0 Å². The maximum absolute atomic E-state index is 5.63. The zero-order valence-corrected chi connectivity index (χ0v) is 10.9. The van der Waals surface area contributed by atoms with Crippen LogP contribution in [0.4, 0.5) is 0 Å². The van der Waals surface area contributed by atoms with Crippen LogP contribution in [-0.2, 0) is 11.2 Å². The van der Waals surface area contributed by atoms with Crippen LogP contribution in [0, 0.1) is 6.92 Å². The lowest BCUT2D eigenvalue weighted by molar-refractivity contribution is 0.0246. The predicted octanol–water partition coefficient (Wildman–Crippen LogP) is 1.58. The fraction of sp³-hybridized carbons (Fsp3) is 0.429. The van der Waals surface area contributed by atoms with Gasteiger partial charge < -0.3 is 14.6 Å². The molecule has 0 radical (unpaired) electrons. The fourth-order valence-electron chi connectivity index (χ4n) is 2.18. The minimum atomic E-state index is 0.125. The number of aromatic nitrogens is 2. The van der Waals surface area contributed by atoms with Crippen molar-refractivity contribution in [2.24, 2.45) is 0 Å². The number of morpholine rings is 1. The molecule has 0 aliphatic carbocycles. The standard InChI is InChI=1S/C14H17N3O2/c1-10-3-2-4-11(7-10)14-16-13(19-17-14)8-12-9-15-5-6-18-12/h2-4,7,12,15H,5-6,8-9H2,1H3. The van der Waals surface area contributed by atoms with Crippen LogP contribution in [0.3, 0.4) is 0 Å². The normalized spacial score (nSPS) is 19.5. The van der Waals surface area contributed by atoms with Gasteiger partial charge in [0.15, 0.2) is 0 Å². The van der Waals surface area contributed by atoms with E-state index in [-0.39, 0.29) is 6.10 Å². The van der Waals surface area contributed by atoms with Crippen molar-refractivity contribution in [2.45, 2.75) is 19.4 Å². The number of hydrogen-bond acceptors (Lipinski definition) is 5. The Morgan fingerprint density at radius 3 is 3.16 bits per heavy atom. The van der Waals surface area contributed by atoms with Crippen molar-refractivity contribution in [3.63, 3.8) is 0 Å². The third-order valence-corrected chi connectivity index (χ3v) is 3.15. The number of nitrogens with zero attached hydrogens (tertiary/aromatic N) is 2. The molecule has 2 heterocycles. The minimum absolute atomic E-state index is 0.125. The molecule has 0 saturated carbocycles. The first kappa shape index (κ1) is 12.3. The van der Waals surface area contributed by atoms with Gasteiger partial charge in [-0.2, -0.15) is 4.98 Å². The summed E-state index contributed by atoms with van der Waals surface area (Å²) in [5.41, 5.74) is 2.17. The molecule has 0 amide bonds. The van der Waals surface area contributed by atoms with Crippen LogP contribution in [0.2, 0.25) is 0 Å². The zero-order valence-electron chi connectivity index (χ0n) is 10.9. The third kappa shape index (κ3) is 3.00. The summed E-state index contributed by atoms with van der Waals surface area (Å²) in [6.07, 6.45) is 0.783. The summed E-state index contributed by atoms with van der Waals surface area (Å²) in [6.45, 7) is 4.53. The van der Waals surface area contributed by atoms with Crippen LogP contribution in [0.1, 0.15) is 11.5 Å². The van der Waals surface area contributed by atoms with Crippen molar-refractivity contribution in [1.82, 2.24) is 15.5 Å². The highest BCUT2D eigenvalue weighted by Crippen LogP contribution is 2.17. The number of hydrogen-bond donors (Lipinski definition) is 1. The molecule has 3 rings (SSSR count). The van der Waals surface area contributed by atoms with Gasteiger partial charge in [-0.25, -0.2) is 0 Å². The lowest BCUT2D eigenvalue weighted by Gasteiger charge is -2.21. The molecular formula is C14H17N3O2. The van der Waals surface area contributed by atoms with E-state index in [1.807, 2.05) is 31.2 Å². The van der Waals surface area contributed by atoms with Crippen LogP contribution in [0.25, 0.3) is 11.4 Å². The molecule has 19 heavy (non-hydrogen) atoms. The van der Waals surface area contributed by atoms with Crippen molar-refractivity contribution in [1.29, 1.82) is 0 Å². The van der Waals surface area contributed by atoms with Crippen molar-refractivity contribution in [3.05, 3.63) is 35.7 Å². The molecule has 5 nitrogen and oxygen atoms in total. The molecule has 1 aromatic heterocycles. The number of aryl methyl sites for hydroxylation is 1. The lowest BCUT2D eigenvalue weighted by atomic mass is 10.1. The average molecular weight is 259 g/mol. The SMILES string of the molecule is Cc1cccc(-c2noc(CC3CNCCO3)n2)c1. The average Bonchev–Trinajstić information content (AvgIpc) is 2.88. The van der Waals surface area contributed by atoms with Crippen molar-refractivity contribution >= 4 is 0 Å². The largest absolute Gasteiger partial charge is 0.375 e. The summed E-state index contributed by atoms with van der Waals surface area (Å²) >= 11 is 0. The second kappa shape index (κ2) is 5.50. The monoisotopic (exact) mass is 259 g/mol. The van der Waals surface area contributed by atoms with Gasteiger partial charge in [-0.05, 0) is 13.0 Å². The van der Waals surface area contributed by atoms with E-state index in [1.54, 1.807) is 0 Å². The first-order chi connectivity index (χ1) is 9.31. The third-order valence-electron chi connectivity index (χ3n) is 3.15. The lowest BCUT2D eigenvalue weighted by Crippen LogP contribution is -2.39. The number of nitrogens with one attached hydrogen (secondary N) is 1. The van der Waals surface area contributed by atoms with E-state index in [2.05, 4.69) is 15.5 Å². The minimum Gasteiger partial charge on any atom is -0.375 e. The zero-order chi connectivity index (χ0) is 13.1. The Labute approximate surface area is 112 Å². The molecule has 0 spiro atoms. The molecule has 5 heteroatoms. The highest BCUT2D eigenvalue weighted by atomic mass is 16.5. The van der Waals surface area contributed by atoms with Gasteiger partial charge in [-0.15, -0.1) is 0 Å². The Bertz CT molecular complexity index is 547. The Morgan fingerprint density at radius 2 is 2.37 bits per heavy atom. The van der Waals surface area contributed by atoms with Crippen LogP contribution in [0.5, 0.6) is 0 Å². The van der Waals surface area contributed by atoms with E-state index in [1.165, 1.54) is 5.56 Å². The summed E-state index contributed by atoms with van der Waals surface area (Å²) in [5, 5.41) is 7.32. The maximum Gasteiger partial charge on any atom is 0.229 e. The number of ether oxygens (including phenoxy) is 1. The van der Waals surface area contributed by atoms with Gasteiger partial charge in [0.25, 0.3) is 0 Å². The quantitative estimate of drug-likeness (QED) is 0.906.